The van der Waals surface area contributed by atoms with E-state index in [9.17, 15) is 10.3 Å². The summed E-state index contributed by atoms with van der Waals surface area (Å²) < 4.78 is 6.58. The summed E-state index contributed by atoms with van der Waals surface area (Å²) in [6, 6.07) is 9.30. The second-order valence-electron chi connectivity index (χ2n) is 5.29. The van der Waals surface area contributed by atoms with Gasteiger partial charge in [0.2, 0.25) is 0 Å². The fourth-order valence-corrected chi connectivity index (χ4v) is 2.90. The zero-order valence-corrected chi connectivity index (χ0v) is 13.9. The van der Waals surface area contributed by atoms with Gasteiger partial charge in [-0.25, -0.2) is 0 Å². The first-order valence-electron chi connectivity index (χ1n) is 7.17. The molecule has 0 radical (unpaired) electrons. The molecule has 0 saturated carbocycles. The maximum absolute atomic E-state index is 11.5. The van der Waals surface area contributed by atoms with E-state index >= 15 is 0 Å². The van der Waals surface area contributed by atoms with E-state index in [-0.39, 0.29) is 6.61 Å². The van der Waals surface area contributed by atoms with Gasteiger partial charge in [-0.05, 0) is 43.5 Å². The first-order valence-corrected chi connectivity index (χ1v) is 8.16. The summed E-state index contributed by atoms with van der Waals surface area (Å²) in [6.45, 7) is 6.26. The number of benzene rings is 1. The molecule has 118 valence electrons. The van der Waals surface area contributed by atoms with Gasteiger partial charge in [-0.3, -0.25) is 0 Å². The maximum Gasteiger partial charge on any atom is 0.251 e. The number of pyridine rings is 1. The molecule has 0 amide bonds. The van der Waals surface area contributed by atoms with Crippen LogP contribution >= 0.6 is 11.8 Å². The zero-order chi connectivity index (χ0) is 16.1. The van der Waals surface area contributed by atoms with Crippen molar-refractivity contribution >= 4 is 11.8 Å². The number of aromatic nitrogens is 1. The summed E-state index contributed by atoms with van der Waals surface area (Å²) in [5.41, 5.74) is 3.32. The standard InChI is InChI=1S/C17H21NO3S/c1-12-7-8-13(2)17(14(12)3)21-10-15(19)11-22-16-6-4-5-9-18(16)20/h4-9,15,19H,10-11H2,1-3H3/t15-/m1/s1. The average Bonchev–Trinajstić information content (AvgIpc) is 2.50. The number of nitrogens with zero attached hydrogens (tertiary/aromatic N) is 1. The molecule has 1 heterocycles. The highest BCUT2D eigenvalue weighted by molar-refractivity contribution is 7.99. The lowest BCUT2D eigenvalue weighted by Gasteiger charge is -2.16. The van der Waals surface area contributed by atoms with E-state index in [2.05, 4.69) is 6.07 Å². The smallest absolute Gasteiger partial charge is 0.251 e. The second kappa shape index (κ2) is 7.51. The van der Waals surface area contributed by atoms with Crippen LogP contribution in [0.25, 0.3) is 0 Å². The van der Waals surface area contributed by atoms with E-state index < -0.39 is 6.10 Å². The van der Waals surface area contributed by atoms with Gasteiger partial charge in [0, 0.05) is 17.9 Å². The Balaban J connectivity index is 1.90. The van der Waals surface area contributed by atoms with Gasteiger partial charge in [-0.2, -0.15) is 4.73 Å². The Morgan fingerprint density at radius 2 is 1.91 bits per heavy atom. The van der Waals surface area contributed by atoms with Crippen molar-refractivity contribution in [1.29, 1.82) is 0 Å². The van der Waals surface area contributed by atoms with Crippen LogP contribution in [0.5, 0.6) is 5.75 Å². The fraction of sp³-hybridized carbons (Fsp3) is 0.353. The minimum Gasteiger partial charge on any atom is -0.618 e. The molecule has 1 atom stereocenters. The molecule has 0 aliphatic carbocycles. The van der Waals surface area contributed by atoms with Gasteiger partial charge < -0.3 is 15.1 Å². The molecule has 0 saturated heterocycles. The molecule has 22 heavy (non-hydrogen) atoms. The van der Waals surface area contributed by atoms with E-state index in [1.54, 1.807) is 18.2 Å². The number of aliphatic hydroxyl groups excluding tert-OH is 1. The van der Waals surface area contributed by atoms with Crippen molar-refractivity contribution in [2.45, 2.75) is 31.9 Å². The van der Waals surface area contributed by atoms with E-state index in [0.717, 1.165) is 21.6 Å². The minimum atomic E-state index is -0.635. The van der Waals surface area contributed by atoms with E-state index in [0.29, 0.717) is 10.8 Å². The highest BCUT2D eigenvalue weighted by atomic mass is 32.2. The molecule has 5 heteroatoms. The highest BCUT2D eigenvalue weighted by Crippen LogP contribution is 2.26. The van der Waals surface area contributed by atoms with E-state index in [1.165, 1.54) is 23.5 Å². The Labute approximate surface area is 135 Å². The Bertz CT molecular complexity index is 646. The number of aliphatic hydroxyl groups is 1. The van der Waals surface area contributed by atoms with Crippen molar-refractivity contribution in [3.05, 3.63) is 58.4 Å². The summed E-state index contributed by atoms with van der Waals surface area (Å²) >= 11 is 1.32. The lowest BCUT2D eigenvalue weighted by atomic mass is 10.1. The fourth-order valence-electron chi connectivity index (χ4n) is 2.08. The predicted octanol–water partition coefficient (Wildman–Crippen LogP) is 2.78. The van der Waals surface area contributed by atoms with E-state index in [1.807, 2.05) is 26.8 Å². The summed E-state index contributed by atoms with van der Waals surface area (Å²) in [4.78, 5) is 0. The van der Waals surface area contributed by atoms with Crippen LogP contribution in [-0.4, -0.2) is 23.6 Å². The molecule has 0 bridgehead atoms. The lowest BCUT2D eigenvalue weighted by Crippen LogP contribution is -2.29. The van der Waals surface area contributed by atoms with Crippen LogP contribution in [0, 0.1) is 26.0 Å². The van der Waals surface area contributed by atoms with Crippen LogP contribution in [0.1, 0.15) is 16.7 Å². The van der Waals surface area contributed by atoms with Gasteiger partial charge in [0.15, 0.2) is 6.20 Å². The quantitative estimate of drug-likeness (QED) is 0.505. The first kappa shape index (κ1) is 16.6. The van der Waals surface area contributed by atoms with Crippen LogP contribution in [0.3, 0.4) is 0 Å². The molecular weight excluding hydrogens is 298 g/mol. The van der Waals surface area contributed by atoms with Crippen molar-refractivity contribution in [2.24, 2.45) is 0 Å². The van der Waals surface area contributed by atoms with Crippen molar-refractivity contribution in [1.82, 2.24) is 0 Å². The summed E-state index contributed by atoms with van der Waals surface area (Å²) in [5.74, 6) is 1.25. The van der Waals surface area contributed by atoms with Crippen molar-refractivity contribution in [2.75, 3.05) is 12.4 Å². The van der Waals surface area contributed by atoms with Gasteiger partial charge in [0.25, 0.3) is 5.03 Å². The minimum absolute atomic E-state index is 0.212. The average molecular weight is 319 g/mol. The Morgan fingerprint density at radius 1 is 1.18 bits per heavy atom. The number of hydrogen-bond acceptors (Lipinski definition) is 4. The zero-order valence-electron chi connectivity index (χ0n) is 13.1. The van der Waals surface area contributed by atoms with E-state index in [4.69, 9.17) is 4.74 Å². The van der Waals surface area contributed by atoms with Gasteiger partial charge in [0.1, 0.15) is 12.4 Å². The van der Waals surface area contributed by atoms with Crippen LogP contribution in [0.15, 0.2) is 41.6 Å². The van der Waals surface area contributed by atoms with Crippen LogP contribution < -0.4 is 9.47 Å². The van der Waals surface area contributed by atoms with Crippen LogP contribution in [0.4, 0.5) is 0 Å². The molecule has 2 aromatic rings. The molecule has 0 fully saturated rings. The van der Waals surface area contributed by atoms with Crippen LogP contribution in [-0.2, 0) is 0 Å². The molecule has 0 aliphatic heterocycles. The van der Waals surface area contributed by atoms with Crippen molar-refractivity contribution in [3.8, 4) is 5.75 Å². The third-order valence-electron chi connectivity index (χ3n) is 3.51. The van der Waals surface area contributed by atoms with Gasteiger partial charge >= 0.3 is 0 Å². The largest absolute Gasteiger partial charge is 0.618 e. The molecule has 0 spiro atoms. The molecule has 0 unspecified atom stereocenters. The molecule has 1 aromatic carbocycles. The third-order valence-corrected chi connectivity index (χ3v) is 4.67. The number of rotatable bonds is 6. The van der Waals surface area contributed by atoms with Crippen molar-refractivity contribution in [3.63, 3.8) is 0 Å². The molecule has 1 aromatic heterocycles. The molecule has 4 nitrogen and oxygen atoms in total. The van der Waals surface area contributed by atoms with Gasteiger partial charge in [-0.15, -0.1) is 0 Å². The topological polar surface area (TPSA) is 56.4 Å². The number of thioether (sulfide) groups is 1. The third kappa shape index (κ3) is 4.15. The summed E-state index contributed by atoms with van der Waals surface area (Å²) in [5, 5.41) is 22.2. The summed E-state index contributed by atoms with van der Waals surface area (Å²) in [6.07, 6.45) is 0.814. The normalized spacial score (nSPS) is 12.2. The highest BCUT2D eigenvalue weighted by Gasteiger charge is 2.13. The summed E-state index contributed by atoms with van der Waals surface area (Å²) in [7, 11) is 0. The number of ether oxygens (including phenoxy) is 1. The second-order valence-corrected chi connectivity index (χ2v) is 6.33. The monoisotopic (exact) mass is 319 g/mol. The maximum atomic E-state index is 11.5. The SMILES string of the molecule is Cc1ccc(C)c(OC[C@@H](O)CSc2cccc[n+]2[O-])c1C. The molecular formula is C17H21NO3S. The molecule has 0 aliphatic rings. The lowest BCUT2D eigenvalue weighted by molar-refractivity contribution is -0.645. The van der Waals surface area contributed by atoms with Crippen molar-refractivity contribution < 1.29 is 14.6 Å². The molecule has 2 rings (SSSR count). The van der Waals surface area contributed by atoms with Gasteiger partial charge in [-0.1, -0.05) is 23.9 Å². The Hall–Kier alpha value is -1.72. The molecule has 1 N–H and O–H groups in total. The number of aryl methyl sites for hydroxylation is 2. The van der Waals surface area contributed by atoms with Crippen LogP contribution in [0.2, 0.25) is 0 Å². The Kier molecular flexibility index (Phi) is 5.69. The van der Waals surface area contributed by atoms with Gasteiger partial charge in [0.05, 0.1) is 6.10 Å². The Morgan fingerprint density at radius 3 is 2.64 bits per heavy atom. The first-order chi connectivity index (χ1) is 10.5. The number of hydrogen-bond donors (Lipinski definition) is 1. The predicted molar refractivity (Wildman–Crippen MR) is 88.3 cm³/mol.